The maximum atomic E-state index is 8.88. The highest BCUT2D eigenvalue weighted by Gasteiger charge is 2.19. The van der Waals surface area contributed by atoms with Crippen LogP contribution in [-0.2, 0) is 0 Å². The van der Waals surface area contributed by atoms with Gasteiger partial charge < -0.3 is 0 Å². The monoisotopic (exact) mass is 165 g/mol. The lowest BCUT2D eigenvalue weighted by Gasteiger charge is -2.17. The van der Waals surface area contributed by atoms with Crippen LogP contribution in [0.15, 0.2) is 11.6 Å². The van der Waals surface area contributed by atoms with Gasteiger partial charge in [0.05, 0.1) is 11.5 Å². The molecule has 0 fully saturated rings. The Morgan fingerprint density at radius 3 is 2.42 bits per heavy atom. The minimum Gasteiger partial charge on any atom is -0.198 e. The molecule has 1 nitrogen and oxygen atoms in total. The Morgan fingerprint density at radius 1 is 1.50 bits per heavy atom. The van der Waals surface area contributed by atoms with Gasteiger partial charge in [-0.2, -0.15) is 5.26 Å². The van der Waals surface area contributed by atoms with E-state index in [1.807, 2.05) is 6.92 Å². The van der Waals surface area contributed by atoms with E-state index in [0.717, 1.165) is 19.3 Å². The first-order chi connectivity index (χ1) is 5.54. The van der Waals surface area contributed by atoms with Gasteiger partial charge in [0, 0.05) is 0 Å². The third-order valence-corrected chi connectivity index (χ3v) is 2.30. The molecular weight excluding hydrogens is 146 g/mol. The summed E-state index contributed by atoms with van der Waals surface area (Å²) in [4.78, 5) is 0. The van der Waals surface area contributed by atoms with Crippen molar-refractivity contribution in [1.29, 1.82) is 5.26 Å². The molecule has 12 heavy (non-hydrogen) atoms. The topological polar surface area (TPSA) is 23.8 Å². The van der Waals surface area contributed by atoms with Gasteiger partial charge in [0.15, 0.2) is 0 Å². The van der Waals surface area contributed by atoms with Gasteiger partial charge in [0.2, 0.25) is 0 Å². The van der Waals surface area contributed by atoms with E-state index in [0.29, 0.717) is 0 Å². The van der Waals surface area contributed by atoms with E-state index in [9.17, 15) is 0 Å². The molecule has 68 valence electrons. The predicted molar refractivity (Wildman–Crippen MR) is 52.7 cm³/mol. The smallest absolute Gasteiger partial charge is 0.0686 e. The summed E-state index contributed by atoms with van der Waals surface area (Å²) in [5.41, 5.74) is 1.22. The molecule has 0 saturated heterocycles. The second-order valence-corrected chi connectivity index (χ2v) is 3.85. The van der Waals surface area contributed by atoms with Crippen molar-refractivity contribution >= 4 is 0 Å². The summed E-state index contributed by atoms with van der Waals surface area (Å²) in [5.74, 6) is 0. The highest BCUT2D eigenvalue weighted by atomic mass is 14.3. The molecule has 0 aliphatic carbocycles. The normalized spacial score (nSPS) is 14.6. The first kappa shape index (κ1) is 11.2. The zero-order valence-corrected chi connectivity index (χ0v) is 8.65. The summed E-state index contributed by atoms with van der Waals surface area (Å²) >= 11 is 0. The van der Waals surface area contributed by atoms with Crippen molar-refractivity contribution in [2.75, 3.05) is 0 Å². The van der Waals surface area contributed by atoms with E-state index < -0.39 is 0 Å². The number of allylic oxidation sites excluding steroid dienone is 2. The van der Waals surface area contributed by atoms with Crippen LogP contribution >= 0.6 is 0 Å². The molecule has 0 aliphatic rings. The lowest BCUT2D eigenvalue weighted by Crippen LogP contribution is -2.11. The van der Waals surface area contributed by atoms with Crippen molar-refractivity contribution in [2.24, 2.45) is 5.41 Å². The van der Waals surface area contributed by atoms with E-state index in [-0.39, 0.29) is 5.41 Å². The van der Waals surface area contributed by atoms with Crippen LogP contribution in [0.2, 0.25) is 0 Å². The summed E-state index contributed by atoms with van der Waals surface area (Å²) in [6.07, 6.45) is 5.15. The van der Waals surface area contributed by atoms with Gasteiger partial charge in [-0.25, -0.2) is 0 Å². The lowest BCUT2D eigenvalue weighted by molar-refractivity contribution is 0.394. The second kappa shape index (κ2) is 4.98. The Kier molecular flexibility index (Phi) is 4.66. The molecule has 1 unspecified atom stereocenters. The highest BCUT2D eigenvalue weighted by Crippen LogP contribution is 2.26. The van der Waals surface area contributed by atoms with E-state index in [2.05, 4.69) is 32.9 Å². The van der Waals surface area contributed by atoms with E-state index in [1.165, 1.54) is 5.57 Å². The van der Waals surface area contributed by atoms with Gasteiger partial charge in [-0.3, -0.25) is 0 Å². The van der Waals surface area contributed by atoms with E-state index in [1.54, 1.807) is 0 Å². The predicted octanol–water partition coefficient (Wildman–Crippen LogP) is 3.67. The molecule has 0 radical (unpaired) electrons. The van der Waals surface area contributed by atoms with Crippen LogP contribution in [0.3, 0.4) is 0 Å². The summed E-state index contributed by atoms with van der Waals surface area (Å²) in [7, 11) is 0. The Labute approximate surface area is 76.1 Å². The molecule has 0 saturated carbocycles. The fourth-order valence-corrected chi connectivity index (χ4v) is 0.991. The Hall–Kier alpha value is -0.770. The molecule has 0 N–H and O–H groups in total. The second-order valence-electron chi connectivity index (χ2n) is 3.85. The molecule has 0 aromatic heterocycles. The van der Waals surface area contributed by atoms with Crippen molar-refractivity contribution < 1.29 is 0 Å². The molecule has 0 aliphatic heterocycles. The molecule has 0 aromatic rings. The fourth-order valence-electron chi connectivity index (χ4n) is 0.991. The van der Waals surface area contributed by atoms with Crippen LogP contribution in [-0.4, -0.2) is 0 Å². The Balaban J connectivity index is 3.92. The molecule has 0 spiro atoms. The average molecular weight is 165 g/mol. The summed E-state index contributed by atoms with van der Waals surface area (Å²) < 4.78 is 0. The third-order valence-electron chi connectivity index (χ3n) is 2.30. The van der Waals surface area contributed by atoms with Gasteiger partial charge in [0.1, 0.15) is 0 Å². The minimum absolute atomic E-state index is 0.119. The van der Waals surface area contributed by atoms with Gasteiger partial charge in [-0.05, 0) is 40.0 Å². The minimum atomic E-state index is -0.119. The standard InChI is InChI=1S/C11H19N/c1-5-11(4,9-12)8-6-7-10(2)3/h7H,5-6,8H2,1-4H3. The molecule has 0 heterocycles. The SMILES string of the molecule is CCC(C)(C#N)CCC=C(C)C. The molecule has 0 rings (SSSR count). The van der Waals surface area contributed by atoms with Crippen LogP contribution in [0, 0.1) is 16.7 Å². The lowest BCUT2D eigenvalue weighted by atomic mass is 9.84. The van der Waals surface area contributed by atoms with Gasteiger partial charge in [0.25, 0.3) is 0 Å². The number of hydrogen-bond acceptors (Lipinski definition) is 1. The van der Waals surface area contributed by atoms with Crippen LogP contribution in [0.25, 0.3) is 0 Å². The first-order valence-corrected chi connectivity index (χ1v) is 4.58. The zero-order valence-electron chi connectivity index (χ0n) is 8.65. The van der Waals surface area contributed by atoms with Gasteiger partial charge >= 0.3 is 0 Å². The molecule has 0 aromatic carbocycles. The van der Waals surface area contributed by atoms with Crippen LogP contribution < -0.4 is 0 Å². The maximum absolute atomic E-state index is 8.88. The molecule has 1 heteroatoms. The van der Waals surface area contributed by atoms with Crippen LogP contribution in [0.4, 0.5) is 0 Å². The zero-order chi connectivity index (χ0) is 9.61. The number of nitriles is 1. The molecule has 0 amide bonds. The summed E-state index contributed by atoms with van der Waals surface area (Å²) in [6.45, 7) is 8.29. The van der Waals surface area contributed by atoms with Crippen molar-refractivity contribution in [1.82, 2.24) is 0 Å². The molecule has 1 atom stereocenters. The van der Waals surface area contributed by atoms with Crippen molar-refractivity contribution in [2.45, 2.75) is 47.0 Å². The largest absolute Gasteiger partial charge is 0.198 e. The van der Waals surface area contributed by atoms with Gasteiger partial charge in [-0.1, -0.05) is 18.6 Å². The molecule has 0 bridgehead atoms. The Morgan fingerprint density at radius 2 is 2.08 bits per heavy atom. The Bertz CT molecular complexity index is 194. The van der Waals surface area contributed by atoms with Gasteiger partial charge in [-0.15, -0.1) is 0 Å². The highest BCUT2D eigenvalue weighted by molar-refractivity contribution is 4.99. The van der Waals surface area contributed by atoms with Crippen molar-refractivity contribution in [3.8, 4) is 6.07 Å². The van der Waals surface area contributed by atoms with E-state index in [4.69, 9.17) is 5.26 Å². The maximum Gasteiger partial charge on any atom is 0.0686 e. The van der Waals surface area contributed by atoms with Crippen molar-refractivity contribution in [3.63, 3.8) is 0 Å². The third kappa shape index (κ3) is 4.18. The van der Waals surface area contributed by atoms with Crippen LogP contribution in [0.5, 0.6) is 0 Å². The number of nitrogens with zero attached hydrogens (tertiary/aromatic N) is 1. The van der Waals surface area contributed by atoms with Crippen molar-refractivity contribution in [3.05, 3.63) is 11.6 Å². The van der Waals surface area contributed by atoms with Crippen LogP contribution in [0.1, 0.15) is 47.0 Å². The quantitative estimate of drug-likeness (QED) is 0.583. The van der Waals surface area contributed by atoms with E-state index >= 15 is 0 Å². The average Bonchev–Trinajstić information content (AvgIpc) is 2.03. The number of rotatable bonds is 4. The number of hydrogen-bond donors (Lipinski definition) is 0. The first-order valence-electron chi connectivity index (χ1n) is 4.58. The summed E-state index contributed by atoms with van der Waals surface area (Å²) in [6, 6.07) is 2.37. The fraction of sp³-hybridized carbons (Fsp3) is 0.727. The molecular formula is C11H19N. The summed E-state index contributed by atoms with van der Waals surface area (Å²) in [5, 5.41) is 8.88.